The van der Waals surface area contributed by atoms with Gasteiger partial charge in [0.15, 0.2) is 5.82 Å². The summed E-state index contributed by atoms with van der Waals surface area (Å²) in [5.41, 5.74) is 0. The Balaban J connectivity index is 2.32. The molecule has 15 heavy (non-hydrogen) atoms. The summed E-state index contributed by atoms with van der Waals surface area (Å²) in [6, 6.07) is 0. The number of nitrogens with zero attached hydrogens (tertiary/aromatic N) is 2. The highest BCUT2D eigenvalue weighted by atomic mass is 32.2. The van der Waals surface area contributed by atoms with Crippen LogP contribution < -0.4 is 5.32 Å². The van der Waals surface area contributed by atoms with Crippen molar-refractivity contribution < 1.29 is 4.52 Å². The highest BCUT2D eigenvalue weighted by molar-refractivity contribution is 7.99. The van der Waals surface area contributed by atoms with Gasteiger partial charge in [0.05, 0.1) is 12.3 Å². The first kappa shape index (κ1) is 12.5. The molecular formula is C10H19N3OS. The number of nitrogens with one attached hydrogen (secondary N) is 1. The molecule has 5 heteroatoms. The van der Waals surface area contributed by atoms with Crippen molar-refractivity contribution in [3.8, 4) is 0 Å². The van der Waals surface area contributed by atoms with E-state index in [1.54, 1.807) is 0 Å². The maximum atomic E-state index is 5.10. The van der Waals surface area contributed by atoms with Crippen molar-refractivity contribution in [3.63, 3.8) is 0 Å². The summed E-state index contributed by atoms with van der Waals surface area (Å²) in [4.78, 5) is 4.29. The Morgan fingerprint density at radius 1 is 1.47 bits per heavy atom. The summed E-state index contributed by atoms with van der Waals surface area (Å²) in [7, 11) is 0. The van der Waals surface area contributed by atoms with Gasteiger partial charge in [0.2, 0.25) is 5.89 Å². The highest BCUT2D eigenvalue weighted by Crippen LogP contribution is 2.17. The van der Waals surface area contributed by atoms with Crippen LogP contribution in [0.15, 0.2) is 4.52 Å². The minimum Gasteiger partial charge on any atom is -0.338 e. The van der Waals surface area contributed by atoms with E-state index in [0.717, 1.165) is 18.1 Å². The second-order valence-corrected chi connectivity index (χ2v) is 4.84. The van der Waals surface area contributed by atoms with Gasteiger partial charge in [-0.2, -0.15) is 16.7 Å². The monoisotopic (exact) mass is 229 g/mol. The Morgan fingerprint density at radius 3 is 2.93 bits per heavy atom. The minimum absolute atomic E-state index is 0.653. The van der Waals surface area contributed by atoms with Crippen LogP contribution in [0.1, 0.15) is 38.9 Å². The predicted octanol–water partition coefficient (Wildman–Crippen LogP) is 2.21. The van der Waals surface area contributed by atoms with Gasteiger partial charge in [-0.1, -0.05) is 25.9 Å². The number of thioether (sulfide) groups is 1. The fourth-order valence-corrected chi connectivity index (χ4v) is 1.77. The van der Waals surface area contributed by atoms with Crippen LogP contribution in [0.2, 0.25) is 0 Å². The van der Waals surface area contributed by atoms with Crippen LogP contribution in [0.5, 0.6) is 0 Å². The average molecular weight is 229 g/mol. The standard InChI is InChI=1S/C10H19N3OS/c1-4-8(3)15-7-9-12-10(14-13-9)6-11-5-2/h8,11H,4-7H2,1-3H3. The molecule has 0 saturated heterocycles. The maximum Gasteiger partial charge on any atom is 0.240 e. The molecule has 0 aliphatic rings. The predicted molar refractivity (Wildman–Crippen MR) is 62.7 cm³/mol. The lowest BCUT2D eigenvalue weighted by atomic mass is 10.4. The minimum atomic E-state index is 0.653. The van der Waals surface area contributed by atoms with E-state index in [0.29, 0.717) is 17.7 Å². The van der Waals surface area contributed by atoms with E-state index < -0.39 is 0 Å². The molecule has 1 atom stereocenters. The lowest BCUT2D eigenvalue weighted by Gasteiger charge is -2.04. The van der Waals surface area contributed by atoms with E-state index in [1.807, 2.05) is 11.8 Å². The third-order valence-electron chi connectivity index (χ3n) is 2.11. The molecule has 1 rings (SSSR count). The summed E-state index contributed by atoms with van der Waals surface area (Å²) in [6.07, 6.45) is 1.17. The topological polar surface area (TPSA) is 51.0 Å². The van der Waals surface area contributed by atoms with Gasteiger partial charge in [-0.3, -0.25) is 0 Å². The summed E-state index contributed by atoms with van der Waals surface area (Å²) in [5, 5.41) is 7.73. The van der Waals surface area contributed by atoms with Crippen LogP contribution in [0, 0.1) is 0 Å². The lowest BCUT2D eigenvalue weighted by molar-refractivity contribution is 0.365. The molecule has 1 aromatic rings. The molecule has 4 nitrogen and oxygen atoms in total. The lowest BCUT2D eigenvalue weighted by Crippen LogP contribution is -2.11. The van der Waals surface area contributed by atoms with Gasteiger partial charge in [-0.25, -0.2) is 0 Å². The summed E-state index contributed by atoms with van der Waals surface area (Å²) >= 11 is 1.86. The summed E-state index contributed by atoms with van der Waals surface area (Å²) < 4.78 is 5.10. The van der Waals surface area contributed by atoms with Crippen LogP contribution in [0.3, 0.4) is 0 Å². The van der Waals surface area contributed by atoms with Gasteiger partial charge < -0.3 is 9.84 Å². The van der Waals surface area contributed by atoms with E-state index in [-0.39, 0.29) is 0 Å². The first-order valence-electron chi connectivity index (χ1n) is 5.40. The van der Waals surface area contributed by atoms with Crippen molar-refractivity contribution in [2.45, 2.75) is 44.7 Å². The third-order valence-corrected chi connectivity index (χ3v) is 3.44. The molecule has 0 fully saturated rings. The zero-order valence-electron chi connectivity index (χ0n) is 9.62. The van der Waals surface area contributed by atoms with Crippen molar-refractivity contribution in [2.75, 3.05) is 6.54 Å². The van der Waals surface area contributed by atoms with Crippen LogP contribution in [-0.2, 0) is 12.3 Å². The quantitative estimate of drug-likeness (QED) is 0.777. The van der Waals surface area contributed by atoms with Crippen LogP contribution in [0.4, 0.5) is 0 Å². The fraction of sp³-hybridized carbons (Fsp3) is 0.800. The van der Waals surface area contributed by atoms with E-state index in [2.05, 4.69) is 36.2 Å². The second-order valence-electron chi connectivity index (χ2n) is 3.41. The molecule has 0 amide bonds. The highest BCUT2D eigenvalue weighted by Gasteiger charge is 2.07. The Bertz CT molecular complexity index is 277. The van der Waals surface area contributed by atoms with E-state index >= 15 is 0 Å². The fourth-order valence-electron chi connectivity index (χ4n) is 0.987. The molecule has 1 N–H and O–H groups in total. The number of hydrogen-bond donors (Lipinski definition) is 1. The average Bonchev–Trinajstić information content (AvgIpc) is 2.71. The molecule has 0 saturated carbocycles. The van der Waals surface area contributed by atoms with E-state index in [4.69, 9.17) is 4.52 Å². The molecule has 0 aliphatic carbocycles. The van der Waals surface area contributed by atoms with Crippen molar-refractivity contribution in [1.29, 1.82) is 0 Å². The molecule has 0 aromatic carbocycles. The van der Waals surface area contributed by atoms with Gasteiger partial charge in [0.1, 0.15) is 0 Å². The van der Waals surface area contributed by atoms with Crippen LogP contribution in [-0.4, -0.2) is 21.9 Å². The van der Waals surface area contributed by atoms with Crippen molar-refractivity contribution in [3.05, 3.63) is 11.7 Å². The number of aromatic nitrogens is 2. The molecule has 0 spiro atoms. The zero-order chi connectivity index (χ0) is 11.1. The van der Waals surface area contributed by atoms with Crippen LogP contribution in [0.25, 0.3) is 0 Å². The number of hydrogen-bond acceptors (Lipinski definition) is 5. The van der Waals surface area contributed by atoms with Gasteiger partial charge >= 0.3 is 0 Å². The molecule has 0 aliphatic heterocycles. The number of rotatable bonds is 7. The van der Waals surface area contributed by atoms with E-state index in [1.165, 1.54) is 6.42 Å². The van der Waals surface area contributed by atoms with Crippen LogP contribution >= 0.6 is 11.8 Å². The largest absolute Gasteiger partial charge is 0.338 e. The first-order valence-corrected chi connectivity index (χ1v) is 6.44. The Labute approximate surface area is 95.2 Å². The van der Waals surface area contributed by atoms with Gasteiger partial charge in [-0.15, -0.1) is 0 Å². The Hall–Kier alpha value is -0.550. The first-order chi connectivity index (χ1) is 7.26. The third kappa shape index (κ3) is 4.66. The smallest absolute Gasteiger partial charge is 0.240 e. The molecule has 86 valence electrons. The van der Waals surface area contributed by atoms with Gasteiger partial charge in [0.25, 0.3) is 0 Å². The van der Waals surface area contributed by atoms with Gasteiger partial charge in [0, 0.05) is 5.25 Å². The van der Waals surface area contributed by atoms with Crippen molar-refractivity contribution in [1.82, 2.24) is 15.5 Å². The van der Waals surface area contributed by atoms with Gasteiger partial charge in [-0.05, 0) is 13.0 Å². The van der Waals surface area contributed by atoms with Crippen molar-refractivity contribution >= 4 is 11.8 Å². The maximum absolute atomic E-state index is 5.10. The summed E-state index contributed by atoms with van der Waals surface area (Å²) in [6.45, 7) is 8.03. The van der Waals surface area contributed by atoms with E-state index in [9.17, 15) is 0 Å². The normalized spacial score (nSPS) is 13.0. The second kappa shape index (κ2) is 6.85. The summed E-state index contributed by atoms with van der Waals surface area (Å²) in [5.74, 6) is 2.31. The SMILES string of the molecule is CCNCc1nc(CSC(C)CC)no1. The Kier molecular flexibility index (Phi) is 5.71. The Morgan fingerprint density at radius 2 is 2.27 bits per heavy atom. The molecule has 0 bridgehead atoms. The zero-order valence-corrected chi connectivity index (χ0v) is 10.4. The van der Waals surface area contributed by atoms with Crippen molar-refractivity contribution in [2.24, 2.45) is 0 Å². The molecule has 1 aromatic heterocycles. The molecule has 1 heterocycles. The molecule has 0 radical (unpaired) electrons. The molecular weight excluding hydrogens is 210 g/mol. The molecule has 1 unspecified atom stereocenters.